The maximum absolute atomic E-state index is 13.4. The van der Waals surface area contributed by atoms with E-state index in [2.05, 4.69) is 17.1 Å². The first kappa shape index (κ1) is 15.0. The Balaban J connectivity index is 1.88. The van der Waals surface area contributed by atoms with E-state index >= 15 is 0 Å². The minimum Gasteiger partial charge on any atom is -0.455 e. The molecule has 1 N–H and O–H groups in total. The van der Waals surface area contributed by atoms with Crippen molar-refractivity contribution in [3.05, 3.63) is 89.9 Å². The second-order valence-electron chi connectivity index (χ2n) is 6.14. The van der Waals surface area contributed by atoms with Crippen LogP contribution in [-0.4, -0.2) is 23.4 Å². The summed E-state index contributed by atoms with van der Waals surface area (Å²) in [6, 6.07) is 18.0. The van der Waals surface area contributed by atoms with Crippen molar-refractivity contribution in [3.63, 3.8) is 0 Å². The summed E-state index contributed by atoms with van der Waals surface area (Å²) in [5.74, 6) is 0. The molecule has 123 valence electrons. The van der Waals surface area contributed by atoms with E-state index in [0.29, 0.717) is 7.69 Å². The van der Waals surface area contributed by atoms with Crippen LogP contribution in [0.15, 0.2) is 83.1 Å². The second-order valence-corrected chi connectivity index (χ2v) is 6.14. The third kappa shape index (κ3) is 2.17. The van der Waals surface area contributed by atoms with Gasteiger partial charge >= 0.3 is 7.69 Å². The zero-order chi connectivity index (χ0) is 17.5. The van der Waals surface area contributed by atoms with Crippen LogP contribution in [0, 0.1) is 0 Å². The average Bonchev–Trinajstić information content (AvgIpc) is 3.42. The van der Waals surface area contributed by atoms with Crippen LogP contribution in [0.2, 0.25) is 0 Å². The van der Waals surface area contributed by atoms with Crippen molar-refractivity contribution in [2.45, 2.75) is 0 Å². The quantitative estimate of drug-likeness (QED) is 0.532. The number of H-pyrrole nitrogens is 1. The van der Waals surface area contributed by atoms with Gasteiger partial charge in [-0.25, -0.2) is 4.32 Å². The van der Waals surface area contributed by atoms with Crippen LogP contribution in [0.25, 0.3) is 27.5 Å². The highest BCUT2D eigenvalue weighted by Gasteiger charge is 2.27. The molecule has 2 aromatic heterocycles. The first-order valence-corrected chi connectivity index (χ1v) is 8.39. The number of hydrogen-bond acceptors (Lipinski definition) is 1. The minimum atomic E-state index is 0.567. The summed E-state index contributed by atoms with van der Waals surface area (Å²) < 4.78 is 21.1. The number of aromatic amines is 1. The fourth-order valence-electron chi connectivity index (χ4n) is 3.54. The number of hydrogen-bond donors (Lipinski definition) is 1. The van der Waals surface area contributed by atoms with Gasteiger partial charge in [0.1, 0.15) is 17.4 Å². The van der Waals surface area contributed by atoms with E-state index in [1.807, 2.05) is 60.8 Å². The zero-order valence-electron chi connectivity index (χ0n) is 13.8. The first-order chi connectivity index (χ1) is 12.9. The Hall–Kier alpha value is -3.34. The molecule has 0 atom stereocenters. The molecule has 0 bridgehead atoms. The molecule has 5 heteroatoms. The Morgan fingerprint density at radius 1 is 1.00 bits per heavy atom. The summed E-state index contributed by atoms with van der Waals surface area (Å²) in [6.07, 6.45) is 7.28. The number of aromatic nitrogens is 1. The van der Waals surface area contributed by atoms with Gasteiger partial charge in [0.2, 0.25) is 0 Å². The van der Waals surface area contributed by atoms with E-state index in [1.54, 1.807) is 6.21 Å². The SMILES string of the molecule is F[B][N+]1=CC=C/C1=C(/c1ccc[nH]1)c1cccc2c1oc1ccccc12. The number of benzene rings is 2. The van der Waals surface area contributed by atoms with Crippen LogP contribution < -0.4 is 0 Å². The largest absolute Gasteiger partial charge is 0.792 e. The molecule has 5 rings (SSSR count). The van der Waals surface area contributed by atoms with Crippen LogP contribution in [-0.2, 0) is 0 Å². The molecule has 0 fully saturated rings. The number of allylic oxidation sites excluding steroid dienone is 2. The third-order valence-corrected chi connectivity index (χ3v) is 4.68. The maximum atomic E-state index is 13.4. The van der Waals surface area contributed by atoms with Gasteiger partial charge in [0.15, 0.2) is 5.70 Å². The molecule has 4 aromatic rings. The van der Waals surface area contributed by atoms with E-state index in [4.69, 9.17) is 4.42 Å². The predicted octanol–water partition coefficient (Wildman–Crippen LogP) is 4.83. The molecule has 0 amide bonds. The Bertz CT molecular complexity index is 1220. The van der Waals surface area contributed by atoms with Crippen molar-refractivity contribution in [2.75, 3.05) is 0 Å². The standard InChI is InChI=1S/C21H14BFN2O/c23-22-25-13-5-10-18(25)20(17-9-4-12-24-17)16-8-3-7-15-14-6-1-2-11-19(14)26-21(15)16/h1-13,24H/q+1. The predicted molar refractivity (Wildman–Crippen MR) is 103 cm³/mol. The highest BCUT2D eigenvalue weighted by molar-refractivity contribution is 6.18. The van der Waals surface area contributed by atoms with Gasteiger partial charge in [-0.2, -0.15) is 0 Å². The lowest BCUT2D eigenvalue weighted by atomic mass is 9.97. The molecule has 0 spiro atoms. The number of rotatable bonds is 3. The molecule has 0 saturated carbocycles. The van der Waals surface area contributed by atoms with Crippen LogP contribution in [0.5, 0.6) is 0 Å². The Kier molecular flexibility index (Phi) is 3.38. The number of para-hydroxylation sites is 2. The lowest BCUT2D eigenvalue weighted by molar-refractivity contribution is -0.312. The van der Waals surface area contributed by atoms with Crippen LogP contribution in [0.3, 0.4) is 0 Å². The van der Waals surface area contributed by atoms with Gasteiger partial charge in [0, 0.05) is 34.7 Å². The highest BCUT2D eigenvalue weighted by atomic mass is 19.1. The van der Waals surface area contributed by atoms with Gasteiger partial charge in [0.05, 0.1) is 11.3 Å². The Morgan fingerprint density at radius 2 is 1.88 bits per heavy atom. The first-order valence-electron chi connectivity index (χ1n) is 8.39. The van der Waals surface area contributed by atoms with Crippen LogP contribution >= 0.6 is 0 Å². The van der Waals surface area contributed by atoms with E-state index in [-0.39, 0.29) is 0 Å². The molecule has 0 aliphatic carbocycles. The monoisotopic (exact) mass is 340 g/mol. The Morgan fingerprint density at radius 3 is 2.73 bits per heavy atom. The van der Waals surface area contributed by atoms with Crippen molar-refractivity contribution >= 4 is 41.4 Å². The lowest BCUT2D eigenvalue weighted by Crippen LogP contribution is -2.11. The Labute approximate surface area is 150 Å². The number of fused-ring (bicyclic) bond motifs is 3. The van der Waals surface area contributed by atoms with Crippen molar-refractivity contribution < 1.29 is 13.2 Å². The molecular formula is C21H14BFN2O+. The number of furan rings is 1. The van der Waals surface area contributed by atoms with Gasteiger partial charge < -0.3 is 9.40 Å². The number of nitrogens with one attached hydrogen (secondary N) is 1. The second kappa shape index (κ2) is 5.88. The van der Waals surface area contributed by atoms with Gasteiger partial charge in [0.25, 0.3) is 0 Å². The number of halogens is 1. The molecule has 26 heavy (non-hydrogen) atoms. The lowest BCUT2D eigenvalue weighted by Gasteiger charge is -2.08. The summed E-state index contributed by atoms with van der Waals surface area (Å²) in [5.41, 5.74) is 5.10. The van der Waals surface area contributed by atoms with Crippen molar-refractivity contribution in [2.24, 2.45) is 0 Å². The normalized spacial score (nSPS) is 15.7. The van der Waals surface area contributed by atoms with Crippen molar-refractivity contribution in [1.29, 1.82) is 0 Å². The van der Waals surface area contributed by atoms with Gasteiger partial charge in [-0.15, -0.1) is 0 Å². The fraction of sp³-hybridized carbons (Fsp3) is 0. The van der Waals surface area contributed by atoms with E-state index in [9.17, 15) is 4.32 Å². The number of nitrogens with zero attached hydrogens (tertiary/aromatic N) is 1. The van der Waals surface area contributed by atoms with Crippen LogP contribution in [0.4, 0.5) is 4.32 Å². The average molecular weight is 340 g/mol. The summed E-state index contributed by atoms with van der Waals surface area (Å²) in [5, 5.41) is 2.12. The molecule has 1 aliphatic heterocycles. The topological polar surface area (TPSA) is 31.9 Å². The zero-order valence-corrected chi connectivity index (χ0v) is 13.8. The van der Waals surface area contributed by atoms with Crippen LogP contribution in [0.1, 0.15) is 11.3 Å². The van der Waals surface area contributed by atoms with Gasteiger partial charge in [-0.3, -0.25) is 4.49 Å². The van der Waals surface area contributed by atoms with Crippen molar-refractivity contribution in [1.82, 2.24) is 4.98 Å². The fourth-order valence-corrected chi connectivity index (χ4v) is 3.54. The third-order valence-electron chi connectivity index (χ3n) is 4.68. The minimum absolute atomic E-state index is 0.567. The molecule has 0 unspecified atom stereocenters. The molecule has 3 nitrogen and oxygen atoms in total. The summed E-state index contributed by atoms with van der Waals surface area (Å²) in [4.78, 5) is 3.25. The molecule has 1 radical (unpaired) electrons. The smallest absolute Gasteiger partial charge is 0.455 e. The van der Waals surface area contributed by atoms with Gasteiger partial charge in [-0.1, -0.05) is 36.4 Å². The summed E-state index contributed by atoms with van der Waals surface area (Å²) >= 11 is 0. The summed E-state index contributed by atoms with van der Waals surface area (Å²) in [7, 11) is 0.567. The van der Waals surface area contributed by atoms with E-state index in [1.165, 1.54) is 4.49 Å². The highest BCUT2D eigenvalue weighted by Crippen LogP contribution is 2.37. The van der Waals surface area contributed by atoms with E-state index in [0.717, 1.165) is 44.5 Å². The van der Waals surface area contributed by atoms with E-state index < -0.39 is 0 Å². The van der Waals surface area contributed by atoms with Crippen molar-refractivity contribution in [3.8, 4) is 0 Å². The maximum Gasteiger partial charge on any atom is 0.792 e. The molecular weight excluding hydrogens is 326 g/mol. The molecule has 1 aliphatic rings. The molecule has 3 heterocycles. The summed E-state index contributed by atoms with van der Waals surface area (Å²) in [6.45, 7) is 0. The molecule has 2 aromatic carbocycles. The van der Waals surface area contributed by atoms with Gasteiger partial charge in [-0.05, 0) is 18.2 Å². The molecule has 0 saturated heterocycles.